The fraction of sp³-hybridized carbons (Fsp3) is 0.571. The Balaban J connectivity index is 1.77. The van der Waals surface area contributed by atoms with E-state index >= 15 is 0 Å². The molecule has 6 nitrogen and oxygen atoms in total. The van der Waals surface area contributed by atoms with Crippen molar-refractivity contribution < 1.29 is 4.74 Å². The van der Waals surface area contributed by atoms with E-state index in [9.17, 15) is 0 Å². The molecule has 0 radical (unpaired) electrons. The van der Waals surface area contributed by atoms with E-state index in [1.807, 2.05) is 0 Å². The molecule has 0 atom stereocenters. The zero-order valence-electron chi connectivity index (χ0n) is 17.4. The van der Waals surface area contributed by atoms with Crippen molar-refractivity contribution in [2.24, 2.45) is 0 Å². The molecule has 0 spiro atoms. The first-order valence-electron chi connectivity index (χ1n) is 10.1. The Morgan fingerprint density at radius 3 is 2.75 bits per heavy atom. The van der Waals surface area contributed by atoms with Crippen molar-refractivity contribution in [2.75, 3.05) is 31.5 Å². The summed E-state index contributed by atoms with van der Waals surface area (Å²) < 4.78 is 7.14. The molecule has 7 heteroatoms. The van der Waals surface area contributed by atoms with Crippen molar-refractivity contribution in [1.82, 2.24) is 19.9 Å². The minimum atomic E-state index is -0.167. The van der Waals surface area contributed by atoms with Crippen LogP contribution in [0.25, 0.3) is 20.4 Å². The smallest absolute Gasteiger partial charge is 0.147 e. The highest BCUT2D eigenvalue weighted by Gasteiger charge is 2.30. The van der Waals surface area contributed by atoms with E-state index in [0.717, 1.165) is 59.2 Å². The van der Waals surface area contributed by atoms with Gasteiger partial charge in [-0.25, -0.2) is 15.0 Å². The van der Waals surface area contributed by atoms with Crippen molar-refractivity contribution in [3.63, 3.8) is 0 Å². The summed E-state index contributed by atoms with van der Waals surface area (Å²) in [5.74, 6) is 0.915. The Hall–Kier alpha value is -1.83. The van der Waals surface area contributed by atoms with E-state index in [4.69, 9.17) is 9.72 Å². The molecule has 0 bridgehead atoms. The van der Waals surface area contributed by atoms with Gasteiger partial charge in [0.1, 0.15) is 17.0 Å². The number of anilines is 1. The van der Waals surface area contributed by atoms with Gasteiger partial charge in [-0.2, -0.15) is 0 Å². The van der Waals surface area contributed by atoms with Gasteiger partial charge in [0.2, 0.25) is 0 Å². The Morgan fingerprint density at radius 1 is 1.21 bits per heavy atom. The van der Waals surface area contributed by atoms with Crippen LogP contribution in [0.5, 0.6) is 0 Å². The lowest BCUT2D eigenvalue weighted by Gasteiger charge is -2.32. The number of nitrogens with one attached hydrogen (secondary N) is 1. The second-order valence-corrected chi connectivity index (χ2v) is 9.01. The van der Waals surface area contributed by atoms with Crippen LogP contribution in [0.3, 0.4) is 0 Å². The van der Waals surface area contributed by atoms with Crippen LogP contribution in [0.15, 0.2) is 6.33 Å². The minimum Gasteiger partial charge on any atom is -0.370 e. The van der Waals surface area contributed by atoms with E-state index in [2.05, 4.69) is 54.8 Å². The summed E-state index contributed by atoms with van der Waals surface area (Å²) in [5.41, 5.74) is 4.48. The fourth-order valence-electron chi connectivity index (χ4n) is 3.97. The average molecular weight is 400 g/mol. The first-order valence-corrected chi connectivity index (χ1v) is 10.9. The second kappa shape index (κ2) is 7.54. The van der Waals surface area contributed by atoms with E-state index in [0.29, 0.717) is 6.61 Å². The van der Waals surface area contributed by atoms with E-state index in [1.165, 1.54) is 16.5 Å². The van der Waals surface area contributed by atoms with E-state index in [-0.39, 0.29) is 5.60 Å². The Kier molecular flexibility index (Phi) is 5.24. The van der Waals surface area contributed by atoms with Gasteiger partial charge in [0.25, 0.3) is 0 Å². The number of pyridine rings is 1. The van der Waals surface area contributed by atoms with Gasteiger partial charge in [0, 0.05) is 36.2 Å². The number of nitrogens with zero attached hydrogens (tertiary/aromatic N) is 4. The number of hydrogen-bond donors (Lipinski definition) is 1. The molecule has 0 aromatic carbocycles. The largest absolute Gasteiger partial charge is 0.370 e. The number of ether oxygens (including phenoxy) is 1. The van der Waals surface area contributed by atoms with Gasteiger partial charge in [-0.05, 0) is 39.4 Å². The van der Waals surface area contributed by atoms with Crippen LogP contribution in [0, 0.1) is 6.92 Å². The summed E-state index contributed by atoms with van der Waals surface area (Å²) in [6.45, 7) is 15.4. The molecule has 0 fully saturated rings. The monoisotopic (exact) mass is 399 g/mol. The maximum atomic E-state index is 6.04. The van der Waals surface area contributed by atoms with Gasteiger partial charge in [-0.1, -0.05) is 13.8 Å². The third-order valence-corrected chi connectivity index (χ3v) is 6.73. The molecule has 0 aliphatic carbocycles. The highest BCUT2D eigenvalue weighted by atomic mass is 32.1. The third kappa shape index (κ3) is 3.47. The van der Waals surface area contributed by atoms with Gasteiger partial charge >= 0.3 is 0 Å². The number of thiophene rings is 1. The number of aromatic nitrogens is 3. The Bertz CT molecular complexity index is 1010. The molecule has 0 saturated heterocycles. The minimum absolute atomic E-state index is 0.167. The van der Waals surface area contributed by atoms with Crippen molar-refractivity contribution in [3.8, 4) is 0 Å². The Morgan fingerprint density at radius 2 is 2.00 bits per heavy atom. The fourth-order valence-corrected chi connectivity index (χ4v) is 5.14. The lowest BCUT2D eigenvalue weighted by Crippen LogP contribution is -2.32. The van der Waals surface area contributed by atoms with Gasteiger partial charge in [-0.15, -0.1) is 11.3 Å². The van der Waals surface area contributed by atoms with Gasteiger partial charge < -0.3 is 15.0 Å². The van der Waals surface area contributed by atoms with E-state index in [1.54, 1.807) is 17.7 Å². The summed E-state index contributed by atoms with van der Waals surface area (Å²) in [6, 6.07) is 0. The molecule has 1 aliphatic rings. The SMILES string of the molecule is CCN(CC)CCNc1ncnc2c1sc1nc(C)c3c(c12)CC(C)(C)OC3. The molecule has 3 aromatic rings. The molecule has 0 unspecified atom stereocenters. The summed E-state index contributed by atoms with van der Waals surface area (Å²) in [6.07, 6.45) is 2.55. The highest BCUT2D eigenvalue weighted by Crippen LogP contribution is 2.41. The van der Waals surface area contributed by atoms with Crippen molar-refractivity contribution in [3.05, 3.63) is 23.1 Å². The summed E-state index contributed by atoms with van der Waals surface area (Å²) in [7, 11) is 0. The van der Waals surface area contributed by atoms with Crippen LogP contribution >= 0.6 is 11.3 Å². The molecule has 1 aliphatic heterocycles. The maximum Gasteiger partial charge on any atom is 0.147 e. The van der Waals surface area contributed by atoms with Crippen molar-refractivity contribution >= 4 is 37.6 Å². The molecule has 4 heterocycles. The van der Waals surface area contributed by atoms with Crippen LogP contribution in [0.2, 0.25) is 0 Å². The molecule has 0 amide bonds. The van der Waals surface area contributed by atoms with E-state index < -0.39 is 0 Å². The molecular weight excluding hydrogens is 370 g/mol. The summed E-state index contributed by atoms with van der Waals surface area (Å²) in [4.78, 5) is 17.5. The van der Waals surface area contributed by atoms with Gasteiger partial charge in [0.15, 0.2) is 0 Å². The number of hydrogen-bond acceptors (Lipinski definition) is 7. The first-order chi connectivity index (χ1) is 13.4. The third-order valence-electron chi connectivity index (χ3n) is 5.65. The van der Waals surface area contributed by atoms with Crippen LogP contribution < -0.4 is 5.32 Å². The predicted molar refractivity (Wildman–Crippen MR) is 116 cm³/mol. The van der Waals surface area contributed by atoms with Gasteiger partial charge in [0.05, 0.1) is 22.4 Å². The molecule has 3 aromatic heterocycles. The van der Waals surface area contributed by atoms with Crippen LogP contribution in [-0.4, -0.2) is 51.6 Å². The normalized spacial score (nSPS) is 16.1. The molecular formula is C21H29N5OS. The quantitative estimate of drug-likeness (QED) is 0.672. The molecule has 28 heavy (non-hydrogen) atoms. The van der Waals surface area contributed by atoms with Crippen LogP contribution in [-0.2, 0) is 17.8 Å². The maximum absolute atomic E-state index is 6.04. The number of fused-ring (bicyclic) bond motifs is 5. The molecule has 0 saturated carbocycles. The highest BCUT2D eigenvalue weighted by molar-refractivity contribution is 7.26. The average Bonchev–Trinajstić information content (AvgIpc) is 3.03. The Labute approximate surface area is 170 Å². The van der Waals surface area contributed by atoms with Crippen molar-refractivity contribution in [1.29, 1.82) is 0 Å². The molecule has 150 valence electrons. The summed E-state index contributed by atoms with van der Waals surface area (Å²) >= 11 is 1.69. The summed E-state index contributed by atoms with van der Waals surface area (Å²) in [5, 5.41) is 4.71. The molecule has 4 rings (SSSR count). The van der Waals surface area contributed by atoms with Crippen LogP contribution in [0.1, 0.15) is 44.5 Å². The zero-order chi connectivity index (χ0) is 19.9. The second-order valence-electron chi connectivity index (χ2n) is 8.02. The first kappa shape index (κ1) is 19.5. The van der Waals surface area contributed by atoms with Crippen molar-refractivity contribution in [2.45, 2.75) is 53.2 Å². The lowest BCUT2D eigenvalue weighted by molar-refractivity contribution is -0.0400. The number of rotatable bonds is 6. The predicted octanol–water partition coefficient (Wildman–Crippen LogP) is 4.15. The number of aryl methyl sites for hydroxylation is 1. The lowest BCUT2D eigenvalue weighted by atomic mass is 9.89. The topological polar surface area (TPSA) is 63.2 Å². The van der Waals surface area contributed by atoms with Crippen LogP contribution in [0.4, 0.5) is 5.82 Å². The number of likely N-dealkylation sites (N-methyl/N-ethyl adjacent to an activating group) is 1. The standard InChI is InChI=1S/C21H29N5OS/c1-6-26(7-2)9-8-22-19-18-17(23-12-24-19)16-14-10-21(4,5)27-11-15(14)13(3)25-20(16)28-18/h12H,6-11H2,1-5H3,(H,22,23,24). The molecule has 1 N–H and O–H groups in total. The zero-order valence-corrected chi connectivity index (χ0v) is 18.2. The van der Waals surface area contributed by atoms with Gasteiger partial charge in [-0.3, -0.25) is 0 Å².